The van der Waals surface area contributed by atoms with Crippen molar-refractivity contribution in [3.63, 3.8) is 0 Å². The van der Waals surface area contributed by atoms with Crippen molar-refractivity contribution in [3.8, 4) is 0 Å². The molecule has 2 heterocycles. The minimum atomic E-state index is -0.0818. The van der Waals surface area contributed by atoms with E-state index in [0.717, 1.165) is 18.5 Å². The second kappa shape index (κ2) is 7.53. The van der Waals surface area contributed by atoms with Crippen LogP contribution in [0.25, 0.3) is 0 Å². The summed E-state index contributed by atoms with van der Waals surface area (Å²) in [6.07, 6.45) is 7.80. The molecule has 0 unspecified atom stereocenters. The molecule has 1 saturated carbocycles. The Bertz CT molecular complexity index is 557. The molecule has 7 nitrogen and oxygen atoms in total. The summed E-state index contributed by atoms with van der Waals surface area (Å²) in [5.41, 5.74) is 1.06. The van der Waals surface area contributed by atoms with Gasteiger partial charge in [-0.25, -0.2) is 9.78 Å². The number of carbonyl (C=O) groups is 1. The number of nitrogens with zero attached hydrogens (tertiary/aromatic N) is 3. The van der Waals surface area contributed by atoms with Crippen LogP contribution < -0.4 is 10.6 Å². The number of imidazole rings is 1. The van der Waals surface area contributed by atoms with Crippen molar-refractivity contribution < 1.29 is 9.53 Å². The number of aromatic nitrogens is 2. The Morgan fingerprint density at radius 2 is 2.29 bits per heavy atom. The highest BCUT2D eigenvalue weighted by Gasteiger charge is 2.30. The van der Waals surface area contributed by atoms with Gasteiger partial charge >= 0.3 is 6.03 Å². The zero-order valence-corrected chi connectivity index (χ0v) is 14.9. The Labute approximate surface area is 143 Å². The number of urea groups is 1. The van der Waals surface area contributed by atoms with E-state index in [-0.39, 0.29) is 18.2 Å². The lowest BCUT2D eigenvalue weighted by Gasteiger charge is -2.30. The summed E-state index contributed by atoms with van der Waals surface area (Å²) in [6, 6.07) is 1.12. The van der Waals surface area contributed by atoms with Crippen LogP contribution in [0.2, 0.25) is 0 Å². The van der Waals surface area contributed by atoms with E-state index in [1.807, 2.05) is 17.8 Å². The third-order valence-corrected chi connectivity index (χ3v) is 5.18. The molecule has 0 radical (unpaired) electrons. The number of likely N-dealkylation sites (N-methyl/N-ethyl adjacent to an activating group) is 1. The maximum Gasteiger partial charge on any atom is 0.315 e. The summed E-state index contributed by atoms with van der Waals surface area (Å²) in [5.74, 6) is 0. The third-order valence-electron chi connectivity index (χ3n) is 5.18. The van der Waals surface area contributed by atoms with Gasteiger partial charge in [0.05, 0.1) is 18.2 Å². The average molecular weight is 335 g/mol. The highest BCUT2D eigenvalue weighted by molar-refractivity contribution is 5.74. The zero-order valence-electron chi connectivity index (χ0n) is 14.9. The molecule has 134 valence electrons. The van der Waals surface area contributed by atoms with Gasteiger partial charge in [0.25, 0.3) is 0 Å². The van der Waals surface area contributed by atoms with E-state index < -0.39 is 0 Å². The lowest BCUT2D eigenvalue weighted by molar-refractivity contribution is -0.00179. The van der Waals surface area contributed by atoms with Crippen LogP contribution in [-0.4, -0.2) is 58.8 Å². The molecule has 0 aromatic carbocycles. The summed E-state index contributed by atoms with van der Waals surface area (Å²) >= 11 is 0. The van der Waals surface area contributed by atoms with Gasteiger partial charge in [-0.1, -0.05) is 0 Å². The Kier molecular flexibility index (Phi) is 5.40. The predicted octanol–water partition coefficient (Wildman–Crippen LogP) is 1.42. The Hall–Kier alpha value is -1.60. The summed E-state index contributed by atoms with van der Waals surface area (Å²) < 4.78 is 7.81. The minimum absolute atomic E-state index is 0.00327. The van der Waals surface area contributed by atoms with E-state index in [4.69, 9.17) is 4.74 Å². The van der Waals surface area contributed by atoms with Crippen LogP contribution in [0.4, 0.5) is 4.79 Å². The Morgan fingerprint density at radius 3 is 2.96 bits per heavy atom. The minimum Gasteiger partial charge on any atom is -0.372 e. The quantitative estimate of drug-likeness (QED) is 0.825. The van der Waals surface area contributed by atoms with E-state index in [1.165, 1.54) is 12.8 Å². The van der Waals surface area contributed by atoms with Crippen molar-refractivity contribution >= 4 is 6.03 Å². The maximum atomic E-state index is 12.2. The first-order valence-electron chi connectivity index (χ1n) is 8.88. The van der Waals surface area contributed by atoms with Gasteiger partial charge in [0.1, 0.15) is 6.10 Å². The average Bonchev–Trinajstić information content (AvgIpc) is 3.33. The molecular weight excluding hydrogens is 306 g/mol. The number of carbonyl (C=O) groups excluding carboxylic acids is 1. The van der Waals surface area contributed by atoms with Gasteiger partial charge in [-0.3, -0.25) is 4.90 Å². The smallest absolute Gasteiger partial charge is 0.315 e. The third kappa shape index (κ3) is 4.27. The molecule has 2 amide bonds. The largest absolute Gasteiger partial charge is 0.372 e. The van der Waals surface area contributed by atoms with Gasteiger partial charge in [0, 0.05) is 38.3 Å². The van der Waals surface area contributed by atoms with Crippen LogP contribution >= 0.6 is 0 Å². The summed E-state index contributed by atoms with van der Waals surface area (Å²) in [5, 5.41) is 6.10. The van der Waals surface area contributed by atoms with Crippen LogP contribution in [0.1, 0.15) is 44.4 Å². The summed E-state index contributed by atoms with van der Waals surface area (Å²) in [6.45, 7) is 3.49. The van der Waals surface area contributed by atoms with Gasteiger partial charge in [0.15, 0.2) is 0 Å². The SMILES string of the molecule is C[C@H](CNC(=O)N[C@H]1CCO[C@@H](c2cncn2C)C1)N(C)C1CC1. The van der Waals surface area contributed by atoms with Crippen LogP contribution in [0.3, 0.4) is 0 Å². The molecule has 2 fully saturated rings. The van der Waals surface area contributed by atoms with Gasteiger partial charge in [-0.2, -0.15) is 0 Å². The zero-order chi connectivity index (χ0) is 17.1. The molecule has 24 heavy (non-hydrogen) atoms. The number of amides is 2. The van der Waals surface area contributed by atoms with Crippen molar-refractivity contribution in [2.24, 2.45) is 7.05 Å². The molecule has 1 aliphatic heterocycles. The molecular formula is C17H29N5O2. The maximum absolute atomic E-state index is 12.2. The van der Waals surface area contributed by atoms with E-state index in [2.05, 4.69) is 34.5 Å². The molecule has 2 aliphatic rings. The molecule has 0 spiro atoms. The van der Waals surface area contributed by atoms with Gasteiger partial charge in [0.2, 0.25) is 0 Å². The number of rotatable bonds is 6. The van der Waals surface area contributed by atoms with Crippen LogP contribution in [0.15, 0.2) is 12.5 Å². The second-order valence-electron chi connectivity index (χ2n) is 7.11. The fraction of sp³-hybridized carbons (Fsp3) is 0.765. The van der Waals surface area contributed by atoms with E-state index in [1.54, 1.807) is 6.33 Å². The summed E-state index contributed by atoms with van der Waals surface area (Å²) in [7, 11) is 4.10. The number of aryl methyl sites for hydroxylation is 1. The van der Waals surface area contributed by atoms with Crippen LogP contribution in [0, 0.1) is 0 Å². The van der Waals surface area contributed by atoms with Gasteiger partial charge in [-0.05, 0) is 39.7 Å². The predicted molar refractivity (Wildman–Crippen MR) is 91.7 cm³/mol. The first-order valence-corrected chi connectivity index (χ1v) is 8.88. The molecule has 7 heteroatoms. The monoisotopic (exact) mass is 335 g/mol. The highest BCUT2D eigenvalue weighted by Crippen LogP contribution is 2.28. The van der Waals surface area contributed by atoms with Crippen molar-refractivity contribution in [1.82, 2.24) is 25.1 Å². The molecule has 3 rings (SSSR count). The Morgan fingerprint density at radius 1 is 1.50 bits per heavy atom. The molecule has 1 aliphatic carbocycles. The molecule has 0 bridgehead atoms. The fourth-order valence-corrected chi connectivity index (χ4v) is 3.27. The molecule has 1 aromatic heterocycles. The standard InChI is InChI=1S/C17H29N5O2/c1-12(22(3)14-4-5-14)9-19-17(23)20-13-6-7-24-16(8-13)15-10-18-11-21(15)2/h10-14,16H,4-9H2,1-3H3,(H2,19,20,23)/t12-,13+,16-/m1/s1. The normalized spacial score (nSPS) is 25.5. The molecule has 1 saturated heterocycles. The van der Waals surface area contributed by atoms with Gasteiger partial charge in [-0.15, -0.1) is 0 Å². The lowest BCUT2D eigenvalue weighted by Crippen LogP contribution is -2.48. The van der Waals surface area contributed by atoms with E-state index in [0.29, 0.717) is 25.2 Å². The molecule has 3 atom stereocenters. The van der Waals surface area contributed by atoms with E-state index in [9.17, 15) is 4.79 Å². The number of ether oxygens (including phenoxy) is 1. The lowest BCUT2D eigenvalue weighted by atomic mass is 10.0. The number of nitrogens with one attached hydrogen (secondary N) is 2. The van der Waals surface area contributed by atoms with Crippen molar-refractivity contribution in [1.29, 1.82) is 0 Å². The van der Waals surface area contributed by atoms with Crippen molar-refractivity contribution in [2.45, 2.75) is 56.8 Å². The fourth-order valence-electron chi connectivity index (χ4n) is 3.27. The second-order valence-corrected chi connectivity index (χ2v) is 7.11. The van der Waals surface area contributed by atoms with Crippen LogP contribution in [0.5, 0.6) is 0 Å². The highest BCUT2D eigenvalue weighted by atomic mass is 16.5. The summed E-state index contributed by atoms with van der Waals surface area (Å²) in [4.78, 5) is 18.7. The first kappa shape index (κ1) is 17.2. The molecule has 2 N–H and O–H groups in total. The van der Waals surface area contributed by atoms with Crippen LogP contribution in [-0.2, 0) is 11.8 Å². The van der Waals surface area contributed by atoms with E-state index >= 15 is 0 Å². The van der Waals surface area contributed by atoms with Gasteiger partial charge < -0.3 is 19.9 Å². The van der Waals surface area contributed by atoms with Crippen molar-refractivity contribution in [3.05, 3.63) is 18.2 Å². The number of hydrogen-bond donors (Lipinski definition) is 2. The van der Waals surface area contributed by atoms with Crippen molar-refractivity contribution in [2.75, 3.05) is 20.2 Å². The first-order chi connectivity index (χ1) is 11.5. The number of hydrogen-bond acceptors (Lipinski definition) is 4. The molecule has 1 aromatic rings. The topological polar surface area (TPSA) is 71.4 Å². The Balaban J connectivity index is 1.43.